The van der Waals surface area contributed by atoms with Crippen molar-refractivity contribution in [3.63, 3.8) is 0 Å². The third kappa shape index (κ3) is 3.60. The predicted octanol–water partition coefficient (Wildman–Crippen LogP) is 2.20. The van der Waals surface area contributed by atoms with Gasteiger partial charge in [-0.15, -0.1) is 16.4 Å². The molecule has 0 unspecified atom stereocenters. The average Bonchev–Trinajstić information content (AvgIpc) is 3.39. The van der Waals surface area contributed by atoms with Crippen molar-refractivity contribution in [2.45, 2.75) is 6.92 Å². The van der Waals surface area contributed by atoms with Crippen LogP contribution in [0, 0.1) is 11.8 Å². The Labute approximate surface area is 163 Å². The van der Waals surface area contributed by atoms with E-state index in [2.05, 4.69) is 47.4 Å². The summed E-state index contributed by atoms with van der Waals surface area (Å²) in [5.41, 5.74) is 2.24. The molecule has 10 heteroatoms. The van der Waals surface area contributed by atoms with Gasteiger partial charge in [0, 0.05) is 17.6 Å². The highest BCUT2D eigenvalue weighted by Crippen LogP contribution is 2.24. The van der Waals surface area contributed by atoms with Crippen molar-refractivity contribution >= 4 is 22.4 Å². The molecule has 136 valence electrons. The molecular weight excluding hydrogens is 376 g/mol. The van der Waals surface area contributed by atoms with E-state index < -0.39 is 5.91 Å². The number of nitrogens with zero attached hydrogens (tertiary/aromatic N) is 7. The van der Waals surface area contributed by atoms with Crippen LogP contribution in [0.2, 0.25) is 0 Å². The summed E-state index contributed by atoms with van der Waals surface area (Å²) in [5, 5.41) is 12.7. The van der Waals surface area contributed by atoms with Crippen molar-refractivity contribution in [3.05, 3.63) is 59.8 Å². The molecule has 9 nitrogen and oxygen atoms in total. The zero-order valence-electron chi connectivity index (χ0n) is 14.6. The molecule has 0 bridgehead atoms. The zero-order chi connectivity index (χ0) is 19.3. The van der Waals surface area contributed by atoms with Crippen LogP contribution in [0.1, 0.15) is 23.1 Å². The van der Waals surface area contributed by atoms with Crippen molar-refractivity contribution in [2.24, 2.45) is 0 Å². The van der Waals surface area contributed by atoms with Gasteiger partial charge in [0.2, 0.25) is 0 Å². The first kappa shape index (κ1) is 17.4. The lowest BCUT2D eigenvalue weighted by atomic mass is 10.2. The van der Waals surface area contributed by atoms with Gasteiger partial charge in [-0.25, -0.2) is 19.9 Å². The second kappa shape index (κ2) is 7.73. The van der Waals surface area contributed by atoms with Crippen LogP contribution >= 0.6 is 11.3 Å². The number of carbonyl (C=O) groups excluding carboxylic acids is 1. The van der Waals surface area contributed by atoms with E-state index in [9.17, 15) is 4.79 Å². The Kier molecular flexibility index (Phi) is 4.81. The largest absolute Gasteiger partial charge is 0.296 e. The third-order valence-corrected chi connectivity index (χ3v) is 4.31. The molecule has 1 amide bonds. The molecule has 0 aromatic carbocycles. The highest BCUT2D eigenvalue weighted by atomic mass is 32.1. The van der Waals surface area contributed by atoms with E-state index in [1.807, 2.05) is 23.6 Å². The number of amides is 1. The molecule has 0 aliphatic rings. The third-order valence-electron chi connectivity index (χ3n) is 3.55. The van der Waals surface area contributed by atoms with Gasteiger partial charge in [0.05, 0.1) is 11.9 Å². The van der Waals surface area contributed by atoms with Gasteiger partial charge >= 0.3 is 0 Å². The molecule has 4 rings (SSSR count). The van der Waals surface area contributed by atoms with Gasteiger partial charge in [0.1, 0.15) is 17.7 Å². The quantitative estimate of drug-likeness (QED) is 0.533. The average molecular weight is 388 g/mol. The number of hydrogen-bond acceptors (Lipinski definition) is 8. The summed E-state index contributed by atoms with van der Waals surface area (Å²) in [6, 6.07) is 7.17. The minimum atomic E-state index is -0.400. The first-order valence-corrected chi connectivity index (χ1v) is 8.97. The smallest absolute Gasteiger partial charge is 0.277 e. The highest BCUT2D eigenvalue weighted by molar-refractivity contribution is 7.14. The van der Waals surface area contributed by atoms with Crippen LogP contribution in [-0.2, 0) is 0 Å². The maximum absolute atomic E-state index is 12.6. The van der Waals surface area contributed by atoms with Gasteiger partial charge in [-0.2, -0.15) is 4.68 Å². The maximum Gasteiger partial charge on any atom is 0.277 e. The summed E-state index contributed by atoms with van der Waals surface area (Å²) in [5.74, 6) is 5.77. The summed E-state index contributed by atoms with van der Waals surface area (Å²) in [6.07, 6.45) is 4.29. The minimum absolute atomic E-state index is 0.230. The van der Waals surface area contributed by atoms with Crippen LogP contribution in [0.3, 0.4) is 0 Å². The van der Waals surface area contributed by atoms with Crippen LogP contribution in [0.5, 0.6) is 0 Å². The lowest BCUT2D eigenvalue weighted by molar-refractivity contribution is 0.101. The van der Waals surface area contributed by atoms with Crippen LogP contribution in [0.15, 0.2) is 48.4 Å². The SMILES string of the molecule is CC#Cc1cccc(-c2csc(NC(=O)c3cnnn3-c3ccncn3)n2)n1. The van der Waals surface area contributed by atoms with Crippen LogP contribution in [0.25, 0.3) is 17.2 Å². The summed E-state index contributed by atoms with van der Waals surface area (Å²) >= 11 is 1.30. The van der Waals surface area contributed by atoms with E-state index >= 15 is 0 Å². The number of anilines is 1. The number of nitrogens with one attached hydrogen (secondary N) is 1. The van der Waals surface area contributed by atoms with Crippen molar-refractivity contribution in [1.82, 2.24) is 34.9 Å². The maximum atomic E-state index is 12.6. The molecule has 4 aromatic heterocycles. The van der Waals surface area contributed by atoms with Gasteiger partial charge in [0.15, 0.2) is 16.6 Å². The molecule has 0 aliphatic carbocycles. The van der Waals surface area contributed by atoms with Crippen molar-refractivity contribution in [2.75, 3.05) is 5.32 Å². The lowest BCUT2D eigenvalue weighted by Gasteiger charge is -2.04. The summed E-state index contributed by atoms with van der Waals surface area (Å²) in [7, 11) is 0. The van der Waals surface area contributed by atoms with E-state index in [1.54, 1.807) is 19.2 Å². The normalized spacial score (nSPS) is 10.2. The van der Waals surface area contributed by atoms with Crippen molar-refractivity contribution in [3.8, 4) is 29.0 Å². The number of pyridine rings is 1. The molecule has 0 spiro atoms. The molecule has 1 N–H and O–H groups in total. The van der Waals surface area contributed by atoms with Gasteiger partial charge in [-0.3, -0.25) is 10.1 Å². The second-order valence-electron chi connectivity index (χ2n) is 5.37. The second-order valence-corrected chi connectivity index (χ2v) is 6.23. The monoisotopic (exact) mass is 388 g/mol. The fourth-order valence-electron chi connectivity index (χ4n) is 2.35. The molecular formula is C18H12N8OS. The number of carbonyl (C=O) groups is 1. The Hall–Kier alpha value is -3.97. The topological polar surface area (TPSA) is 111 Å². The Morgan fingerprint density at radius 1 is 1.21 bits per heavy atom. The Balaban J connectivity index is 1.55. The molecule has 0 fully saturated rings. The summed E-state index contributed by atoms with van der Waals surface area (Å²) < 4.78 is 1.33. The molecule has 0 atom stereocenters. The van der Waals surface area contributed by atoms with E-state index in [0.29, 0.717) is 28.0 Å². The Morgan fingerprint density at radius 3 is 2.96 bits per heavy atom. The number of aromatic nitrogens is 7. The van der Waals surface area contributed by atoms with Crippen LogP contribution < -0.4 is 5.32 Å². The van der Waals surface area contributed by atoms with Gasteiger partial charge in [0.25, 0.3) is 5.91 Å². The first-order valence-electron chi connectivity index (χ1n) is 8.09. The number of thiazole rings is 1. The molecule has 0 saturated heterocycles. The zero-order valence-corrected chi connectivity index (χ0v) is 15.4. The van der Waals surface area contributed by atoms with Gasteiger partial charge in [-0.05, 0) is 25.0 Å². The fraction of sp³-hybridized carbons (Fsp3) is 0.0556. The van der Waals surface area contributed by atoms with Gasteiger partial charge < -0.3 is 0 Å². The number of hydrogen-bond donors (Lipinski definition) is 1. The first-order chi connectivity index (χ1) is 13.7. The van der Waals surface area contributed by atoms with Crippen molar-refractivity contribution < 1.29 is 4.79 Å². The number of rotatable bonds is 4. The van der Waals surface area contributed by atoms with Crippen LogP contribution in [0.4, 0.5) is 5.13 Å². The highest BCUT2D eigenvalue weighted by Gasteiger charge is 2.17. The molecule has 4 aromatic rings. The van der Waals surface area contributed by atoms with Crippen molar-refractivity contribution in [1.29, 1.82) is 0 Å². The van der Waals surface area contributed by atoms with E-state index in [4.69, 9.17) is 0 Å². The van der Waals surface area contributed by atoms with E-state index in [1.165, 1.54) is 28.5 Å². The van der Waals surface area contributed by atoms with Crippen LogP contribution in [-0.4, -0.2) is 40.8 Å². The minimum Gasteiger partial charge on any atom is -0.296 e. The fourth-order valence-corrected chi connectivity index (χ4v) is 3.05. The molecule has 0 saturated carbocycles. The Bertz CT molecular complexity index is 1190. The van der Waals surface area contributed by atoms with E-state index in [0.717, 1.165) is 0 Å². The molecule has 0 aliphatic heterocycles. The standard InChI is InChI=1S/C18H12N8OS/c1-2-4-12-5-3-6-13(22-12)14-10-28-18(23-14)24-17(27)15-9-21-25-26(15)16-7-8-19-11-20-16/h3,5-11H,1H3,(H,23,24,27). The molecule has 0 radical (unpaired) electrons. The van der Waals surface area contributed by atoms with Gasteiger partial charge in [-0.1, -0.05) is 17.2 Å². The lowest BCUT2D eigenvalue weighted by Crippen LogP contribution is -2.17. The van der Waals surface area contributed by atoms with E-state index in [-0.39, 0.29) is 5.69 Å². The summed E-state index contributed by atoms with van der Waals surface area (Å²) in [4.78, 5) is 29.4. The summed E-state index contributed by atoms with van der Waals surface area (Å²) in [6.45, 7) is 1.76. The predicted molar refractivity (Wildman–Crippen MR) is 103 cm³/mol. The molecule has 28 heavy (non-hydrogen) atoms. The Morgan fingerprint density at radius 2 is 2.14 bits per heavy atom. The molecule has 4 heterocycles.